The molecule has 3 aromatic heterocycles. The molecule has 2 atom stereocenters. The lowest BCUT2D eigenvalue weighted by Gasteiger charge is -2.27. The van der Waals surface area contributed by atoms with Crippen LogP contribution in [-0.4, -0.2) is 66.2 Å². The quantitative estimate of drug-likeness (QED) is 0.335. The van der Waals surface area contributed by atoms with E-state index in [4.69, 9.17) is 14.2 Å². The summed E-state index contributed by atoms with van der Waals surface area (Å²) in [5, 5.41) is 11.5. The number of alkyl halides is 2. The third-order valence-corrected chi connectivity index (χ3v) is 5.61. The molecule has 4 rings (SSSR count). The first-order chi connectivity index (χ1) is 18.7. The fourth-order valence-electron chi connectivity index (χ4n) is 3.86. The minimum absolute atomic E-state index is 0.126. The van der Waals surface area contributed by atoms with Crippen LogP contribution in [0.1, 0.15) is 46.2 Å². The van der Waals surface area contributed by atoms with Crippen LogP contribution in [0.15, 0.2) is 49.2 Å². The number of nitrogens with one attached hydrogen (secondary N) is 1. The smallest absolute Gasteiger partial charge is 0.435 e. The summed E-state index contributed by atoms with van der Waals surface area (Å²) in [5.41, 5.74) is 0.456. The molecule has 1 amide bonds. The second-order valence-corrected chi connectivity index (χ2v) is 10.1. The molecule has 212 valence electrons. The topological polar surface area (TPSA) is 135 Å². The van der Waals surface area contributed by atoms with Crippen LogP contribution in [0.5, 0.6) is 17.5 Å². The van der Waals surface area contributed by atoms with E-state index < -0.39 is 35.6 Å². The third kappa shape index (κ3) is 6.50. The van der Waals surface area contributed by atoms with Crippen LogP contribution in [0, 0.1) is 0 Å². The number of aromatic nitrogens is 6. The third-order valence-electron chi connectivity index (χ3n) is 5.61. The Bertz CT molecular complexity index is 1510. The predicted molar refractivity (Wildman–Crippen MR) is 139 cm³/mol. The second-order valence-electron chi connectivity index (χ2n) is 10.1. The number of halogens is 2. The zero-order chi connectivity index (χ0) is 29.2. The minimum Gasteiger partial charge on any atom is -0.467 e. The van der Waals surface area contributed by atoms with E-state index in [0.717, 1.165) is 4.68 Å². The summed E-state index contributed by atoms with van der Waals surface area (Å²) in [6, 6.07) is 3.68. The average molecular weight is 558 g/mol. The molecule has 4 aromatic rings. The van der Waals surface area contributed by atoms with Gasteiger partial charge in [0.25, 0.3) is 5.91 Å². The van der Waals surface area contributed by atoms with Gasteiger partial charge in [0.15, 0.2) is 5.75 Å². The van der Waals surface area contributed by atoms with Crippen molar-refractivity contribution in [2.45, 2.75) is 58.2 Å². The van der Waals surface area contributed by atoms with Crippen molar-refractivity contribution < 1.29 is 32.6 Å². The first-order valence-corrected chi connectivity index (χ1v) is 12.2. The Labute approximate surface area is 228 Å². The van der Waals surface area contributed by atoms with Gasteiger partial charge in [0.1, 0.15) is 17.4 Å². The monoisotopic (exact) mass is 557 g/mol. The number of benzene rings is 1. The molecule has 12 nitrogen and oxygen atoms in total. The first kappa shape index (κ1) is 28.4. The van der Waals surface area contributed by atoms with E-state index in [9.17, 15) is 18.4 Å². The molecule has 0 fully saturated rings. The lowest BCUT2D eigenvalue weighted by atomic mass is 10.0. The van der Waals surface area contributed by atoms with Crippen LogP contribution >= 0.6 is 0 Å². The molecule has 0 bridgehead atoms. The van der Waals surface area contributed by atoms with E-state index in [0.29, 0.717) is 34.9 Å². The van der Waals surface area contributed by atoms with Gasteiger partial charge in [-0.2, -0.15) is 23.7 Å². The van der Waals surface area contributed by atoms with E-state index in [1.807, 2.05) is 0 Å². The summed E-state index contributed by atoms with van der Waals surface area (Å²) >= 11 is 0. The predicted octanol–water partition coefficient (Wildman–Crippen LogP) is 4.36. The van der Waals surface area contributed by atoms with E-state index in [2.05, 4.69) is 25.5 Å². The molecular formula is C26H29F2N7O5. The summed E-state index contributed by atoms with van der Waals surface area (Å²) in [6.07, 6.45) is 6.68. The second kappa shape index (κ2) is 10.9. The van der Waals surface area contributed by atoms with Crippen LogP contribution in [-0.2, 0) is 9.53 Å². The normalized spacial score (nSPS) is 13.5. The van der Waals surface area contributed by atoms with Crippen LogP contribution in [0.3, 0.4) is 0 Å². The molecule has 14 heteroatoms. The number of rotatable bonds is 8. The fraction of sp³-hybridized carbons (Fsp3) is 0.385. The SMILES string of the molecule is COc1ncc([C@H]([C@H](C)NC(=O)C(C)(F)F)n2ncc3cc(Oc4cnn(C(=O)OC(C)(C)C)c4)ccc32)cn1. The van der Waals surface area contributed by atoms with Crippen molar-refractivity contribution in [1.29, 1.82) is 0 Å². The van der Waals surface area contributed by atoms with Gasteiger partial charge in [-0.1, -0.05) is 0 Å². The summed E-state index contributed by atoms with van der Waals surface area (Å²) in [4.78, 5) is 32.5. The molecule has 40 heavy (non-hydrogen) atoms. The lowest BCUT2D eigenvalue weighted by Crippen LogP contribution is -2.46. The molecule has 0 saturated heterocycles. The van der Waals surface area contributed by atoms with Crippen LogP contribution in [0.4, 0.5) is 13.6 Å². The zero-order valence-electron chi connectivity index (χ0n) is 22.8. The number of fused-ring (bicyclic) bond motifs is 1. The molecule has 3 heterocycles. The van der Waals surface area contributed by atoms with Gasteiger partial charge in [-0.25, -0.2) is 14.8 Å². The number of carbonyl (C=O) groups is 2. The Kier molecular flexibility index (Phi) is 7.71. The standard InChI is InChI=1S/C26H29F2N7O5/c1-15(33-22(36)26(5,27)28)21(17-10-29-23(38-6)30-11-17)35-20-8-7-18(9-16(20)12-32-35)39-19-13-31-34(14-19)24(37)40-25(2,3)4/h7-15,21H,1-6H3,(H,33,36)/t15-,21-/m0/s1. The van der Waals surface area contributed by atoms with E-state index in [1.54, 1.807) is 56.8 Å². The molecule has 1 aromatic carbocycles. The first-order valence-electron chi connectivity index (χ1n) is 12.2. The van der Waals surface area contributed by atoms with Crippen molar-refractivity contribution in [2.75, 3.05) is 7.11 Å². The molecule has 0 aliphatic carbocycles. The van der Waals surface area contributed by atoms with Gasteiger partial charge in [-0.3, -0.25) is 9.48 Å². The van der Waals surface area contributed by atoms with Gasteiger partial charge in [-0.05, 0) is 45.9 Å². The van der Waals surface area contributed by atoms with Gasteiger partial charge in [0.2, 0.25) is 0 Å². The Balaban J connectivity index is 1.62. The number of methoxy groups -OCH3 is 1. The molecule has 0 spiro atoms. The number of hydrogen-bond donors (Lipinski definition) is 1. The highest BCUT2D eigenvalue weighted by atomic mass is 19.3. The van der Waals surface area contributed by atoms with E-state index in [-0.39, 0.29) is 6.01 Å². The van der Waals surface area contributed by atoms with Gasteiger partial charge < -0.3 is 19.5 Å². The molecule has 0 radical (unpaired) electrons. The van der Waals surface area contributed by atoms with Gasteiger partial charge in [0, 0.05) is 30.3 Å². The highest BCUT2D eigenvalue weighted by Crippen LogP contribution is 2.30. The highest BCUT2D eigenvalue weighted by Gasteiger charge is 2.35. The number of ether oxygens (including phenoxy) is 3. The van der Waals surface area contributed by atoms with Crippen LogP contribution in [0.25, 0.3) is 10.9 Å². The van der Waals surface area contributed by atoms with Crippen molar-refractivity contribution in [2.24, 2.45) is 0 Å². The highest BCUT2D eigenvalue weighted by molar-refractivity contribution is 5.83. The maximum Gasteiger partial charge on any atom is 0.435 e. The number of nitrogens with zero attached hydrogens (tertiary/aromatic N) is 6. The molecule has 0 saturated carbocycles. The number of carbonyl (C=O) groups excluding carboxylic acids is 2. The zero-order valence-corrected chi connectivity index (χ0v) is 22.8. The maximum atomic E-state index is 13.7. The Morgan fingerprint density at radius 1 is 1.00 bits per heavy atom. The molecule has 0 unspecified atom stereocenters. The van der Waals surface area contributed by atoms with Gasteiger partial charge in [-0.15, -0.1) is 0 Å². The lowest BCUT2D eigenvalue weighted by molar-refractivity contribution is -0.143. The van der Waals surface area contributed by atoms with Gasteiger partial charge in [0.05, 0.1) is 37.3 Å². The van der Waals surface area contributed by atoms with Crippen molar-refractivity contribution in [3.05, 3.63) is 54.7 Å². The Morgan fingerprint density at radius 2 is 1.70 bits per heavy atom. The maximum absolute atomic E-state index is 13.7. The number of hydrogen-bond acceptors (Lipinski definition) is 9. The van der Waals surface area contributed by atoms with Crippen molar-refractivity contribution in [1.82, 2.24) is 34.8 Å². The molecule has 1 N–H and O–H groups in total. The largest absolute Gasteiger partial charge is 0.467 e. The minimum atomic E-state index is -3.56. The Hall–Kier alpha value is -4.62. The summed E-state index contributed by atoms with van der Waals surface area (Å²) in [6.45, 7) is 7.37. The van der Waals surface area contributed by atoms with Crippen molar-refractivity contribution >= 4 is 22.9 Å². The summed E-state index contributed by atoms with van der Waals surface area (Å²) < 4.78 is 46.1. The number of amides is 1. The fourth-order valence-corrected chi connectivity index (χ4v) is 3.86. The van der Waals surface area contributed by atoms with Crippen molar-refractivity contribution in [3.8, 4) is 17.5 Å². The average Bonchev–Trinajstić information content (AvgIpc) is 3.50. The Morgan fingerprint density at radius 3 is 2.33 bits per heavy atom. The molecule has 0 aliphatic heterocycles. The van der Waals surface area contributed by atoms with Crippen LogP contribution < -0.4 is 14.8 Å². The summed E-state index contributed by atoms with van der Waals surface area (Å²) in [5.74, 6) is -4.24. The van der Waals surface area contributed by atoms with E-state index in [1.165, 1.54) is 31.9 Å². The van der Waals surface area contributed by atoms with Gasteiger partial charge >= 0.3 is 18.0 Å². The molecular weight excluding hydrogens is 528 g/mol. The molecule has 0 aliphatic rings. The van der Waals surface area contributed by atoms with Crippen molar-refractivity contribution in [3.63, 3.8) is 0 Å². The van der Waals surface area contributed by atoms with E-state index >= 15 is 0 Å². The van der Waals surface area contributed by atoms with Crippen LogP contribution in [0.2, 0.25) is 0 Å². The summed E-state index contributed by atoms with van der Waals surface area (Å²) in [7, 11) is 1.42.